The Labute approximate surface area is 304 Å². The third-order valence-corrected chi connectivity index (χ3v) is 10.3. The predicted molar refractivity (Wildman–Crippen MR) is 206 cm³/mol. The Bertz CT molecular complexity index is 2370. The molecule has 7 aromatic rings. The lowest BCUT2D eigenvalue weighted by atomic mass is 9.79. The maximum absolute atomic E-state index is 13.0. The van der Waals surface area contributed by atoms with Crippen molar-refractivity contribution >= 4 is 22.7 Å². The van der Waals surface area contributed by atoms with E-state index in [-0.39, 0.29) is 11.9 Å². The highest BCUT2D eigenvalue weighted by Gasteiger charge is 2.49. The van der Waals surface area contributed by atoms with Crippen LogP contribution in [0.25, 0.3) is 10.8 Å². The molecule has 0 saturated heterocycles. The summed E-state index contributed by atoms with van der Waals surface area (Å²) in [6.07, 6.45) is 0. The van der Waals surface area contributed by atoms with Gasteiger partial charge in [-0.05, 0) is 56.7 Å². The largest absolute Gasteiger partial charge is 0.441 e. The summed E-state index contributed by atoms with van der Waals surface area (Å²) in [6, 6.07) is 52.8. The molecule has 2 aliphatic rings. The van der Waals surface area contributed by atoms with E-state index in [9.17, 15) is 9.59 Å². The molecule has 4 nitrogen and oxygen atoms in total. The van der Waals surface area contributed by atoms with Crippen molar-refractivity contribution in [2.45, 2.75) is 38.9 Å². The predicted octanol–water partition coefficient (Wildman–Crippen LogP) is 10.7. The zero-order chi connectivity index (χ0) is 36.0. The van der Waals surface area contributed by atoms with E-state index in [4.69, 9.17) is 9.47 Å². The number of ether oxygens (including phenoxy) is 2. The average Bonchev–Trinajstić information content (AvgIpc) is 3.63. The van der Waals surface area contributed by atoms with Gasteiger partial charge in [-0.3, -0.25) is 0 Å². The maximum Gasteiger partial charge on any atom is 0.340 e. The smallest absolute Gasteiger partial charge is 0.340 e. The average molecular weight is 679 g/mol. The summed E-state index contributed by atoms with van der Waals surface area (Å²) in [4.78, 5) is 25.5. The lowest BCUT2D eigenvalue weighted by Crippen LogP contribution is -2.29. The number of benzene rings is 7. The fourth-order valence-corrected chi connectivity index (χ4v) is 7.51. The molecule has 7 aromatic carbocycles. The van der Waals surface area contributed by atoms with Gasteiger partial charge in [0, 0.05) is 33.4 Å². The normalized spacial score (nSPS) is 14.8. The summed E-state index contributed by atoms with van der Waals surface area (Å²) in [7, 11) is 0. The Morgan fingerprint density at radius 3 is 1.15 bits per heavy atom. The number of esters is 2. The van der Waals surface area contributed by atoms with Gasteiger partial charge in [0.15, 0.2) is 11.2 Å². The Hall–Kier alpha value is -6.26. The third kappa shape index (κ3) is 5.39. The molecule has 254 valence electrons. The highest BCUT2D eigenvalue weighted by molar-refractivity contribution is 6.01. The number of cyclic esters (lactones) is 2. The summed E-state index contributed by atoms with van der Waals surface area (Å²) in [6.45, 7) is 8.22. The number of carbonyl (C=O) groups excluding carboxylic acids is 2. The van der Waals surface area contributed by atoms with Gasteiger partial charge in [0.1, 0.15) is 0 Å². The highest BCUT2D eigenvalue weighted by atomic mass is 16.6. The molecular weight excluding hydrogens is 641 g/mol. The molecule has 0 atom stereocenters. The van der Waals surface area contributed by atoms with E-state index in [0.29, 0.717) is 11.1 Å². The molecule has 0 bridgehead atoms. The first-order chi connectivity index (χ1) is 25.2. The molecule has 0 unspecified atom stereocenters. The molecule has 0 radical (unpaired) electrons. The van der Waals surface area contributed by atoms with Crippen molar-refractivity contribution in [1.29, 1.82) is 0 Å². The topological polar surface area (TPSA) is 52.6 Å². The molecule has 0 N–H and O–H groups in total. The van der Waals surface area contributed by atoms with Crippen LogP contribution in [0.15, 0.2) is 158 Å². The molecule has 0 fully saturated rings. The number of carbonyl (C=O) groups is 2. The minimum absolute atomic E-state index is 0.272. The summed E-state index contributed by atoms with van der Waals surface area (Å²) >= 11 is 0. The number of aryl methyl sites for hydroxylation is 4. The van der Waals surface area contributed by atoms with Crippen LogP contribution in [0.1, 0.15) is 76.4 Å². The van der Waals surface area contributed by atoms with Crippen molar-refractivity contribution in [2.24, 2.45) is 0 Å². The lowest BCUT2D eigenvalue weighted by molar-refractivity contribution is 0.0242. The second kappa shape index (κ2) is 12.8. The first kappa shape index (κ1) is 32.9. The number of hydrogen-bond acceptors (Lipinski definition) is 4. The SMILES string of the molecule is Cc1ccc(C2(c3ccc(C)cc3)OC(=O)c3cc4ccccc4cc32)cc1.Cc1ccc(C2(c3ccc(C)cc3)OC(=O)c3ccccc32)cc1. The molecule has 0 amide bonds. The van der Waals surface area contributed by atoms with Crippen LogP contribution in [0.3, 0.4) is 0 Å². The van der Waals surface area contributed by atoms with E-state index in [1.54, 1.807) is 0 Å². The Balaban J connectivity index is 0.000000151. The molecule has 2 aliphatic heterocycles. The number of hydrogen-bond donors (Lipinski definition) is 0. The van der Waals surface area contributed by atoms with Gasteiger partial charge in [0.25, 0.3) is 0 Å². The molecule has 4 heteroatoms. The highest BCUT2D eigenvalue weighted by Crippen LogP contribution is 2.49. The summed E-state index contributed by atoms with van der Waals surface area (Å²) in [5.74, 6) is -0.548. The summed E-state index contributed by atoms with van der Waals surface area (Å²) in [5, 5.41) is 2.14. The van der Waals surface area contributed by atoms with E-state index in [1.165, 1.54) is 22.3 Å². The van der Waals surface area contributed by atoms with Gasteiger partial charge >= 0.3 is 11.9 Å². The first-order valence-electron chi connectivity index (χ1n) is 17.6. The molecule has 0 aromatic heterocycles. The van der Waals surface area contributed by atoms with Crippen LogP contribution in [-0.2, 0) is 20.7 Å². The van der Waals surface area contributed by atoms with Crippen LogP contribution in [-0.4, -0.2) is 11.9 Å². The van der Waals surface area contributed by atoms with E-state index < -0.39 is 11.2 Å². The zero-order valence-corrected chi connectivity index (χ0v) is 29.6. The van der Waals surface area contributed by atoms with Crippen molar-refractivity contribution in [3.05, 3.63) is 224 Å². The quantitative estimate of drug-likeness (QED) is 0.174. The van der Waals surface area contributed by atoms with Gasteiger partial charge in [-0.2, -0.15) is 0 Å². The zero-order valence-electron chi connectivity index (χ0n) is 29.6. The minimum Gasteiger partial charge on any atom is -0.441 e. The Morgan fingerprint density at radius 1 is 0.365 bits per heavy atom. The molecule has 0 saturated carbocycles. The monoisotopic (exact) mass is 678 g/mol. The maximum atomic E-state index is 13.0. The van der Waals surface area contributed by atoms with Crippen LogP contribution < -0.4 is 0 Å². The van der Waals surface area contributed by atoms with Crippen molar-refractivity contribution in [3.63, 3.8) is 0 Å². The number of fused-ring (bicyclic) bond motifs is 3. The lowest BCUT2D eigenvalue weighted by Gasteiger charge is -2.30. The molecule has 0 aliphatic carbocycles. The van der Waals surface area contributed by atoms with Crippen molar-refractivity contribution in [3.8, 4) is 0 Å². The van der Waals surface area contributed by atoms with Crippen molar-refractivity contribution in [1.82, 2.24) is 0 Å². The summed E-state index contributed by atoms with van der Waals surface area (Å²) in [5.41, 5.74) is 9.83. The minimum atomic E-state index is -0.933. The first-order valence-corrected chi connectivity index (χ1v) is 17.6. The molecule has 0 spiro atoms. The molecule has 2 heterocycles. The summed E-state index contributed by atoms with van der Waals surface area (Å²) < 4.78 is 12.2. The van der Waals surface area contributed by atoms with Crippen molar-refractivity contribution < 1.29 is 19.1 Å². The van der Waals surface area contributed by atoms with Crippen LogP contribution >= 0.6 is 0 Å². The fraction of sp³-hybridized carbons (Fsp3) is 0.125. The van der Waals surface area contributed by atoms with Gasteiger partial charge < -0.3 is 9.47 Å². The molecule has 9 rings (SSSR count). The van der Waals surface area contributed by atoms with Crippen LogP contribution in [0.2, 0.25) is 0 Å². The standard InChI is InChI=1S/C26H20O2.C22H18O2/c1-17-7-11-21(12-8-17)26(22-13-9-18(2)10-14-22)24-16-20-6-4-3-5-19(20)15-23(24)25(27)28-26;1-15-7-11-17(12-8-15)22(18-13-9-16(2)10-14-18)20-6-4-3-5-19(20)21(23)24-22/h3-16H,1-2H3;3-14H,1-2H3. The van der Waals surface area contributed by atoms with E-state index in [1.807, 2.05) is 72.8 Å². The second-order valence-electron chi connectivity index (χ2n) is 13.9. The van der Waals surface area contributed by atoms with Crippen LogP contribution in [0, 0.1) is 27.7 Å². The third-order valence-electron chi connectivity index (χ3n) is 10.3. The van der Waals surface area contributed by atoms with Gasteiger partial charge in [0.05, 0.1) is 11.1 Å². The Kier molecular flexibility index (Phi) is 8.11. The van der Waals surface area contributed by atoms with Gasteiger partial charge in [-0.1, -0.05) is 162 Å². The van der Waals surface area contributed by atoms with Crippen LogP contribution in [0.5, 0.6) is 0 Å². The van der Waals surface area contributed by atoms with Gasteiger partial charge in [-0.25, -0.2) is 9.59 Å². The molecular formula is C48H38O4. The number of rotatable bonds is 4. The fourth-order valence-electron chi connectivity index (χ4n) is 7.51. The van der Waals surface area contributed by atoms with Crippen LogP contribution in [0.4, 0.5) is 0 Å². The Morgan fingerprint density at radius 2 is 0.712 bits per heavy atom. The van der Waals surface area contributed by atoms with Gasteiger partial charge in [0.2, 0.25) is 0 Å². The molecule has 52 heavy (non-hydrogen) atoms. The van der Waals surface area contributed by atoms with E-state index >= 15 is 0 Å². The van der Waals surface area contributed by atoms with Crippen molar-refractivity contribution in [2.75, 3.05) is 0 Å². The van der Waals surface area contributed by atoms with Gasteiger partial charge in [-0.15, -0.1) is 0 Å². The second-order valence-corrected chi connectivity index (χ2v) is 13.9. The van der Waals surface area contributed by atoms with E-state index in [0.717, 1.165) is 44.2 Å². The van der Waals surface area contributed by atoms with E-state index in [2.05, 4.69) is 113 Å².